The van der Waals surface area contributed by atoms with E-state index in [1.54, 1.807) is 0 Å². The second kappa shape index (κ2) is 4.96. The van der Waals surface area contributed by atoms with Gasteiger partial charge in [-0.2, -0.15) is 0 Å². The van der Waals surface area contributed by atoms with Gasteiger partial charge in [0.25, 0.3) is 0 Å². The molecule has 2 aromatic carbocycles. The van der Waals surface area contributed by atoms with Crippen molar-refractivity contribution < 1.29 is 0 Å². The zero-order valence-electron chi connectivity index (χ0n) is 12.2. The first kappa shape index (κ1) is 12.5. The molecule has 0 bridgehead atoms. The highest BCUT2D eigenvalue weighted by atomic mass is 15.1. The number of rotatable bonds is 2. The second-order valence-electron chi connectivity index (χ2n) is 6.03. The predicted molar refractivity (Wildman–Crippen MR) is 87.6 cm³/mol. The van der Waals surface area contributed by atoms with Gasteiger partial charge in [0.15, 0.2) is 0 Å². The van der Waals surface area contributed by atoms with Crippen LogP contribution in [0.1, 0.15) is 29.5 Å². The van der Waals surface area contributed by atoms with Crippen molar-refractivity contribution in [3.05, 3.63) is 70.9 Å². The van der Waals surface area contributed by atoms with Gasteiger partial charge in [-0.15, -0.1) is 0 Å². The Kier molecular flexibility index (Phi) is 2.95. The molecule has 2 aliphatic rings. The largest absolute Gasteiger partial charge is 0.399 e. The maximum absolute atomic E-state index is 5.97. The van der Waals surface area contributed by atoms with E-state index in [4.69, 9.17) is 5.73 Å². The summed E-state index contributed by atoms with van der Waals surface area (Å²) in [6.45, 7) is 2.18. The van der Waals surface area contributed by atoms with Gasteiger partial charge >= 0.3 is 0 Å². The third-order valence-electron chi connectivity index (χ3n) is 4.62. The Hall–Kier alpha value is -2.22. The Bertz CT molecular complexity index is 701. The highest BCUT2D eigenvalue weighted by Crippen LogP contribution is 2.41. The molecule has 1 aliphatic carbocycles. The number of hydrogen-bond donors (Lipinski definition) is 1. The topological polar surface area (TPSA) is 29.3 Å². The van der Waals surface area contributed by atoms with Crippen molar-refractivity contribution in [2.24, 2.45) is 0 Å². The summed E-state index contributed by atoms with van der Waals surface area (Å²) in [4.78, 5) is 2.56. The lowest BCUT2D eigenvalue weighted by atomic mass is 9.98. The lowest BCUT2D eigenvalue weighted by Gasteiger charge is -2.31. The summed E-state index contributed by atoms with van der Waals surface area (Å²) >= 11 is 0. The van der Waals surface area contributed by atoms with Gasteiger partial charge in [0.2, 0.25) is 0 Å². The fraction of sp³-hybridized carbons (Fsp3) is 0.263. The molecule has 2 heteroatoms. The van der Waals surface area contributed by atoms with Crippen molar-refractivity contribution in [3.63, 3.8) is 0 Å². The third kappa shape index (κ3) is 2.21. The molecule has 1 heterocycles. The average Bonchev–Trinajstić information content (AvgIpc) is 2.88. The van der Waals surface area contributed by atoms with Crippen molar-refractivity contribution in [2.75, 3.05) is 12.3 Å². The van der Waals surface area contributed by atoms with E-state index < -0.39 is 0 Å². The molecule has 2 N–H and O–H groups in total. The number of allylic oxidation sites excluding steroid dienone is 2. The number of nitrogen functional groups attached to an aromatic ring is 1. The predicted octanol–water partition coefficient (Wildman–Crippen LogP) is 3.83. The van der Waals surface area contributed by atoms with E-state index in [1.807, 2.05) is 6.07 Å². The molecule has 1 aliphatic heterocycles. The number of nitrogens with two attached hydrogens (primary N) is 1. The molecule has 21 heavy (non-hydrogen) atoms. The number of hydrogen-bond acceptors (Lipinski definition) is 2. The minimum atomic E-state index is 0.877. The smallest absolute Gasteiger partial charge is 0.0426 e. The minimum absolute atomic E-state index is 0.877. The number of nitrogens with zero attached hydrogens (tertiary/aromatic N) is 1. The molecule has 0 spiro atoms. The van der Waals surface area contributed by atoms with Crippen LogP contribution in [-0.2, 0) is 13.0 Å². The molecule has 0 saturated heterocycles. The van der Waals surface area contributed by atoms with Crippen LogP contribution in [0.4, 0.5) is 5.69 Å². The molecule has 0 amide bonds. The molecule has 0 radical (unpaired) electrons. The van der Waals surface area contributed by atoms with Crippen LogP contribution >= 0.6 is 0 Å². The van der Waals surface area contributed by atoms with Crippen LogP contribution in [0.3, 0.4) is 0 Å². The van der Waals surface area contributed by atoms with Gasteiger partial charge in [0, 0.05) is 30.9 Å². The highest BCUT2D eigenvalue weighted by Gasteiger charge is 2.28. The van der Waals surface area contributed by atoms with Crippen LogP contribution in [-0.4, -0.2) is 11.4 Å². The fourth-order valence-corrected chi connectivity index (χ4v) is 3.61. The van der Waals surface area contributed by atoms with E-state index in [2.05, 4.69) is 47.4 Å². The first-order valence-electron chi connectivity index (χ1n) is 7.71. The Morgan fingerprint density at radius 2 is 1.90 bits per heavy atom. The average molecular weight is 276 g/mol. The molecule has 0 fully saturated rings. The van der Waals surface area contributed by atoms with E-state index in [0.717, 1.165) is 25.2 Å². The highest BCUT2D eigenvalue weighted by molar-refractivity contribution is 5.78. The number of anilines is 1. The fourth-order valence-electron chi connectivity index (χ4n) is 3.61. The lowest BCUT2D eigenvalue weighted by Crippen LogP contribution is -2.27. The van der Waals surface area contributed by atoms with Crippen molar-refractivity contribution in [1.82, 2.24) is 4.90 Å². The standard InChI is InChI=1S/C19H20N2/c20-16-9-8-15-11-19-17(18(15)12-16)7-4-10-21(19)13-14-5-2-1-3-6-14/h1-3,5-6,8-9,12H,4,7,10-11,13,20H2. The van der Waals surface area contributed by atoms with Crippen LogP contribution in [0.25, 0.3) is 5.57 Å². The van der Waals surface area contributed by atoms with Crippen molar-refractivity contribution in [1.29, 1.82) is 0 Å². The van der Waals surface area contributed by atoms with Gasteiger partial charge in [-0.3, -0.25) is 0 Å². The Balaban J connectivity index is 1.67. The molecule has 4 rings (SSSR count). The third-order valence-corrected chi connectivity index (χ3v) is 4.62. The van der Waals surface area contributed by atoms with E-state index >= 15 is 0 Å². The van der Waals surface area contributed by atoms with Crippen LogP contribution in [0.2, 0.25) is 0 Å². The number of benzene rings is 2. The van der Waals surface area contributed by atoms with Crippen LogP contribution in [0.15, 0.2) is 54.2 Å². The number of fused-ring (bicyclic) bond motifs is 2. The Morgan fingerprint density at radius 3 is 2.76 bits per heavy atom. The quantitative estimate of drug-likeness (QED) is 0.845. The summed E-state index contributed by atoms with van der Waals surface area (Å²) in [7, 11) is 0. The van der Waals surface area contributed by atoms with E-state index in [-0.39, 0.29) is 0 Å². The lowest BCUT2D eigenvalue weighted by molar-refractivity contribution is 0.317. The molecule has 106 valence electrons. The van der Waals surface area contributed by atoms with Crippen molar-refractivity contribution >= 4 is 11.3 Å². The van der Waals surface area contributed by atoms with Crippen molar-refractivity contribution in [2.45, 2.75) is 25.8 Å². The molecular weight excluding hydrogens is 256 g/mol. The SMILES string of the molecule is Nc1ccc2c(c1)C1=C(C2)N(Cc2ccccc2)CCC1. The van der Waals surface area contributed by atoms with Gasteiger partial charge < -0.3 is 10.6 Å². The van der Waals surface area contributed by atoms with Crippen LogP contribution in [0.5, 0.6) is 0 Å². The zero-order valence-corrected chi connectivity index (χ0v) is 12.2. The van der Waals surface area contributed by atoms with E-state index in [9.17, 15) is 0 Å². The van der Waals surface area contributed by atoms with Crippen LogP contribution < -0.4 is 5.73 Å². The maximum Gasteiger partial charge on any atom is 0.0426 e. The van der Waals surface area contributed by atoms with E-state index in [0.29, 0.717) is 0 Å². The molecule has 0 atom stereocenters. The van der Waals surface area contributed by atoms with Gasteiger partial charge in [-0.05, 0) is 47.2 Å². The van der Waals surface area contributed by atoms with Crippen molar-refractivity contribution in [3.8, 4) is 0 Å². The first-order valence-corrected chi connectivity index (χ1v) is 7.71. The molecule has 0 saturated carbocycles. The summed E-state index contributed by atoms with van der Waals surface area (Å²) in [5, 5.41) is 0. The molecule has 0 unspecified atom stereocenters. The summed E-state index contributed by atoms with van der Waals surface area (Å²) < 4.78 is 0. The normalized spacial score (nSPS) is 16.9. The van der Waals surface area contributed by atoms with Crippen LogP contribution in [0, 0.1) is 0 Å². The molecule has 2 nitrogen and oxygen atoms in total. The summed E-state index contributed by atoms with van der Waals surface area (Å²) in [6, 6.07) is 17.1. The second-order valence-corrected chi connectivity index (χ2v) is 6.03. The minimum Gasteiger partial charge on any atom is -0.399 e. The zero-order chi connectivity index (χ0) is 14.2. The van der Waals surface area contributed by atoms with Gasteiger partial charge in [0.1, 0.15) is 0 Å². The van der Waals surface area contributed by atoms with Gasteiger partial charge in [-0.25, -0.2) is 0 Å². The molecular formula is C19H20N2. The van der Waals surface area contributed by atoms with E-state index in [1.165, 1.54) is 40.8 Å². The summed E-state index contributed by atoms with van der Waals surface area (Å²) in [6.07, 6.45) is 3.49. The van der Waals surface area contributed by atoms with Gasteiger partial charge in [0.05, 0.1) is 0 Å². The Morgan fingerprint density at radius 1 is 1.05 bits per heavy atom. The summed E-state index contributed by atoms with van der Waals surface area (Å²) in [5.74, 6) is 0. The molecule has 0 aromatic heterocycles. The monoisotopic (exact) mass is 276 g/mol. The maximum atomic E-state index is 5.97. The van der Waals surface area contributed by atoms with Gasteiger partial charge in [-0.1, -0.05) is 36.4 Å². The summed E-state index contributed by atoms with van der Waals surface area (Å²) in [5.41, 5.74) is 14.1. The molecule has 2 aromatic rings. The Labute approximate surface area is 125 Å². The first-order chi connectivity index (χ1) is 10.3.